The summed E-state index contributed by atoms with van der Waals surface area (Å²) in [5.41, 5.74) is 2.27. The Hall–Kier alpha value is -2.43. The first-order chi connectivity index (χ1) is 9.18. The minimum Gasteiger partial charge on any atom is -0.320 e. The normalized spacial score (nSPS) is 17.3. The van der Waals surface area contributed by atoms with Crippen LogP contribution in [-0.2, 0) is 0 Å². The highest BCUT2D eigenvalue weighted by molar-refractivity contribution is 5.74. The van der Waals surface area contributed by atoms with Crippen molar-refractivity contribution in [1.29, 1.82) is 0 Å². The van der Waals surface area contributed by atoms with E-state index in [4.69, 9.17) is 0 Å². The minimum absolute atomic E-state index is 0.0476. The Morgan fingerprint density at radius 2 is 2.11 bits per heavy atom. The quantitative estimate of drug-likeness (QED) is 0.610. The first kappa shape index (κ1) is 11.6. The molecular formula is C14H13N3O2. The molecule has 1 atom stereocenters. The van der Waals surface area contributed by atoms with Crippen LogP contribution in [0.15, 0.2) is 42.6 Å². The van der Waals surface area contributed by atoms with Crippen molar-refractivity contribution in [1.82, 2.24) is 4.98 Å². The number of hydrogen-bond donors (Lipinski definition) is 0. The molecule has 0 spiro atoms. The van der Waals surface area contributed by atoms with E-state index in [-0.39, 0.29) is 10.6 Å². The molecule has 0 fully saturated rings. The Kier molecular flexibility index (Phi) is 2.67. The smallest absolute Gasteiger partial charge is 0.311 e. The van der Waals surface area contributed by atoms with Gasteiger partial charge < -0.3 is 4.90 Å². The summed E-state index contributed by atoms with van der Waals surface area (Å²) in [7, 11) is 0. The molecule has 0 radical (unpaired) electrons. The fourth-order valence-electron chi connectivity index (χ4n) is 2.56. The van der Waals surface area contributed by atoms with Crippen LogP contribution in [0.3, 0.4) is 0 Å². The lowest BCUT2D eigenvalue weighted by atomic mass is 10.0. The van der Waals surface area contributed by atoms with Gasteiger partial charge in [-0.2, -0.15) is 0 Å². The Balaban J connectivity index is 2.13. The van der Waals surface area contributed by atoms with Crippen molar-refractivity contribution in [2.24, 2.45) is 0 Å². The number of benzene rings is 1. The van der Waals surface area contributed by atoms with Crippen LogP contribution < -0.4 is 4.90 Å². The molecule has 19 heavy (non-hydrogen) atoms. The van der Waals surface area contributed by atoms with Crippen LogP contribution in [0.2, 0.25) is 0 Å². The Morgan fingerprint density at radius 3 is 2.89 bits per heavy atom. The van der Waals surface area contributed by atoms with Crippen LogP contribution in [0.4, 0.5) is 17.2 Å². The highest BCUT2D eigenvalue weighted by Crippen LogP contribution is 2.42. The molecule has 96 valence electrons. The van der Waals surface area contributed by atoms with Gasteiger partial charge in [-0.3, -0.25) is 10.1 Å². The van der Waals surface area contributed by atoms with Gasteiger partial charge in [0.05, 0.1) is 4.92 Å². The molecule has 1 aliphatic rings. The molecule has 1 unspecified atom stereocenters. The zero-order valence-electron chi connectivity index (χ0n) is 10.5. The van der Waals surface area contributed by atoms with Crippen molar-refractivity contribution in [3.63, 3.8) is 0 Å². The van der Waals surface area contributed by atoms with Crippen molar-refractivity contribution in [2.45, 2.75) is 12.8 Å². The van der Waals surface area contributed by atoms with Gasteiger partial charge >= 0.3 is 5.69 Å². The molecule has 5 nitrogen and oxygen atoms in total. The third-order valence-electron chi connectivity index (χ3n) is 3.43. The summed E-state index contributed by atoms with van der Waals surface area (Å²) in [6, 6.07) is 11.1. The molecule has 0 bridgehead atoms. The van der Waals surface area contributed by atoms with E-state index in [1.807, 2.05) is 23.1 Å². The molecule has 0 amide bonds. The van der Waals surface area contributed by atoms with Gasteiger partial charge in [0.25, 0.3) is 0 Å². The van der Waals surface area contributed by atoms with Crippen molar-refractivity contribution < 1.29 is 4.92 Å². The van der Waals surface area contributed by atoms with Gasteiger partial charge in [-0.05, 0) is 17.7 Å². The van der Waals surface area contributed by atoms with Crippen molar-refractivity contribution >= 4 is 17.2 Å². The maximum atomic E-state index is 11.1. The number of rotatable bonds is 2. The van der Waals surface area contributed by atoms with Crippen LogP contribution in [0.5, 0.6) is 0 Å². The molecular weight excluding hydrogens is 242 g/mol. The summed E-state index contributed by atoms with van der Waals surface area (Å²) in [5.74, 6) is 0.766. The van der Waals surface area contributed by atoms with Crippen LogP contribution in [0, 0.1) is 10.1 Å². The Labute approximate surface area is 110 Å². The topological polar surface area (TPSA) is 59.3 Å². The zero-order valence-corrected chi connectivity index (χ0v) is 10.5. The second-order valence-corrected chi connectivity index (χ2v) is 4.67. The molecule has 0 saturated heterocycles. The lowest BCUT2D eigenvalue weighted by Gasteiger charge is -2.18. The summed E-state index contributed by atoms with van der Waals surface area (Å²) in [4.78, 5) is 16.9. The molecule has 2 heterocycles. The zero-order chi connectivity index (χ0) is 13.4. The maximum Gasteiger partial charge on any atom is 0.311 e. The summed E-state index contributed by atoms with van der Waals surface area (Å²) in [6.45, 7) is 2.84. The fraction of sp³-hybridized carbons (Fsp3) is 0.214. The second kappa shape index (κ2) is 4.35. The van der Waals surface area contributed by atoms with Gasteiger partial charge in [0.2, 0.25) is 5.82 Å². The predicted octanol–water partition coefficient (Wildman–Crippen LogP) is 3.25. The van der Waals surface area contributed by atoms with Gasteiger partial charge in [-0.25, -0.2) is 4.98 Å². The molecule has 0 aliphatic carbocycles. The fourth-order valence-corrected chi connectivity index (χ4v) is 2.56. The molecule has 0 saturated carbocycles. The van der Waals surface area contributed by atoms with E-state index >= 15 is 0 Å². The van der Waals surface area contributed by atoms with E-state index in [0.29, 0.717) is 11.7 Å². The summed E-state index contributed by atoms with van der Waals surface area (Å²) in [5, 5.41) is 11.1. The van der Waals surface area contributed by atoms with Gasteiger partial charge in [0.15, 0.2) is 0 Å². The number of hydrogen-bond acceptors (Lipinski definition) is 4. The third kappa shape index (κ3) is 1.83. The van der Waals surface area contributed by atoms with Crippen LogP contribution in [-0.4, -0.2) is 16.5 Å². The van der Waals surface area contributed by atoms with E-state index in [9.17, 15) is 10.1 Å². The van der Waals surface area contributed by atoms with Gasteiger partial charge in [0, 0.05) is 30.4 Å². The molecule has 0 N–H and O–H groups in total. The third-order valence-corrected chi connectivity index (χ3v) is 3.43. The van der Waals surface area contributed by atoms with E-state index < -0.39 is 0 Å². The number of nitro groups is 1. The molecule has 1 aliphatic heterocycles. The summed E-state index contributed by atoms with van der Waals surface area (Å²) < 4.78 is 0. The van der Waals surface area contributed by atoms with Crippen LogP contribution in [0.25, 0.3) is 0 Å². The standard InChI is InChI=1S/C14H13N3O2/c1-10-9-16(12-6-3-2-5-11(10)12)14-13(17(18)19)7-4-8-15-14/h2-8,10H,9H2,1H3. The minimum atomic E-state index is -0.381. The molecule has 2 aromatic rings. The van der Waals surface area contributed by atoms with Gasteiger partial charge in [-0.1, -0.05) is 25.1 Å². The van der Waals surface area contributed by atoms with Crippen LogP contribution in [0.1, 0.15) is 18.4 Å². The number of pyridine rings is 1. The molecule has 1 aromatic carbocycles. The average Bonchev–Trinajstić information content (AvgIpc) is 2.77. The highest BCUT2D eigenvalue weighted by atomic mass is 16.6. The van der Waals surface area contributed by atoms with E-state index in [0.717, 1.165) is 12.2 Å². The first-order valence-electron chi connectivity index (χ1n) is 6.14. The van der Waals surface area contributed by atoms with Crippen molar-refractivity contribution in [2.75, 3.05) is 11.4 Å². The number of nitrogens with zero attached hydrogens (tertiary/aromatic N) is 3. The largest absolute Gasteiger partial charge is 0.320 e. The average molecular weight is 255 g/mol. The molecule has 3 rings (SSSR count). The summed E-state index contributed by atoms with van der Waals surface area (Å²) in [6.07, 6.45) is 1.59. The van der Waals surface area contributed by atoms with Gasteiger partial charge in [0.1, 0.15) is 0 Å². The number of aromatic nitrogens is 1. The number of fused-ring (bicyclic) bond motifs is 1. The Bertz CT molecular complexity index is 642. The summed E-state index contributed by atoms with van der Waals surface area (Å²) >= 11 is 0. The molecule has 1 aromatic heterocycles. The van der Waals surface area contributed by atoms with E-state index in [2.05, 4.69) is 18.0 Å². The number of anilines is 2. The second-order valence-electron chi connectivity index (χ2n) is 4.67. The maximum absolute atomic E-state index is 11.1. The highest BCUT2D eigenvalue weighted by Gasteiger charge is 2.30. The SMILES string of the molecule is CC1CN(c2ncccc2[N+](=O)[O-])c2ccccc21. The van der Waals surface area contributed by atoms with Gasteiger partial charge in [-0.15, -0.1) is 0 Å². The Morgan fingerprint density at radius 1 is 1.32 bits per heavy atom. The lowest BCUT2D eigenvalue weighted by molar-refractivity contribution is -0.384. The van der Waals surface area contributed by atoms with Crippen LogP contribution >= 0.6 is 0 Å². The van der Waals surface area contributed by atoms with Crippen molar-refractivity contribution in [3.05, 3.63) is 58.3 Å². The first-order valence-corrected chi connectivity index (χ1v) is 6.14. The monoisotopic (exact) mass is 255 g/mol. The molecule has 5 heteroatoms. The van der Waals surface area contributed by atoms with Crippen molar-refractivity contribution in [3.8, 4) is 0 Å². The lowest BCUT2D eigenvalue weighted by Crippen LogP contribution is -2.17. The van der Waals surface area contributed by atoms with E-state index in [1.54, 1.807) is 12.3 Å². The predicted molar refractivity (Wildman–Crippen MR) is 72.8 cm³/mol. The van der Waals surface area contributed by atoms with E-state index in [1.165, 1.54) is 11.6 Å². The number of para-hydroxylation sites is 1.